The summed E-state index contributed by atoms with van der Waals surface area (Å²) in [6, 6.07) is 38.6. The van der Waals surface area contributed by atoms with Crippen LogP contribution in [-0.4, -0.2) is 19.3 Å². The number of aryl methyl sites for hydroxylation is 2. The number of pyridine rings is 1. The standard InChI is InChI=1S/C41H38N4O.Pt/c1-7-35-40(28-13-10-9-11-14-28)36(8-2)45(43-35)30-15-12-16-31(25-30)46-32-18-19-33-34-24-29(41(4,5)6)17-20-37(34)44(38(33)26-32)39-23-27(3)21-22-42-39;/h9-24H,7-8H2,1-6H3;/q-2;+2. The molecule has 0 saturated heterocycles. The van der Waals surface area contributed by atoms with Gasteiger partial charge in [0.1, 0.15) is 5.82 Å². The first kappa shape index (κ1) is 32.5. The van der Waals surface area contributed by atoms with Gasteiger partial charge in [-0.15, -0.1) is 35.7 Å². The van der Waals surface area contributed by atoms with E-state index < -0.39 is 0 Å². The number of benzene rings is 4. The van der Waals surface area contributed by atoms with Gasteiger partial charge in [0.25, 0.3) is 0 Å². The van der Waals surface area contributed by atoms with E-state index in [0.29, 0.717) is 11.5 Å². The summed E-state index contributed by atoms with van der Waals surface area (Å²) in [4.78, 5) is 4.75. The number of hydrogen-bond donors (Lipinski definition) is 0. The maximum absolute atomic E-state index is 6.47. The molecule has 0 bridgehead atoms. The molecule has 0 spiro atoms. The summed E-state index contributed by atoms with van der Waals surface area (Å²) in [6.07, 6.45) is 3.55. The van der Waals surface area contributed by atoms with Crippen molar-refractivity contribution < 1.29 is 25.8 Å². The number of ether oxygens (including phenoxy) is 1. The molecule has 7 aromatic rings. The van der Waals surface area contributed by atoms with Crippen molar-refractivity contribution in [3.8, 4) is 34.1 Å². The van der Waals surface area contributed by atoms with Crippen LogP contribution in [-0.2, 0) is 39.3 Å². The van der Waals surface area contributed by atoms with Crippen molar-refractivity contribution >= 4 is 21.8 Å². The van der Waals surface area contributed by atoms with Crippen molar-refractivity contribution in [2.75, 3.05) is 0 Å². The Bertz CT molecular complexity index is 2210. The van der Waals surface area contributed by atoms with Crippen LogP contribution < -0.4 is 4.74 Å². The minimum absolute atomic E-state index is 0. The van der Waals surface area contributed by atoms with E-state index in [1.807, 2.05) is 47.3 Å². The van der Waals surface area contributed by atoms with Gasteiger partial charge >= 0.3 is 21.1 Å². The molecular formula is C41H38N4OPt. The average Bonchev–Trinajstić information content (AvgIpc) is 3.60. The van der Waals surface area contributed by atoms with Crippen molar-refractivity contribution in [1.29, 1.82) is 0 Å². The largest absolute Gasteiger partial charge is 2.00 e. The summed E-state index contributed by atoms with van der Waals surface area (Å²) in [5.41, 5.74) is 9.96. The second kappa shape index (κ2) is 13.0. The first-order chi connectivity index (χ1) is 22.2. The molecule has 5 nitrogen and oxygen atoms in total. The quantitative estimate of drug-likeness (QED) is 0.151. The number of hydrogen-bond acceptors (Lipinski definition) is 3. The van der Waals surface area contributed by atoms with Crippen molar-refractivity contribution in [2.45, 2.75) is 59.8 Å². The summed E-state index contributed by atoms with van der Waals surface area (Å²) >= 11 is 0. The smallest absolute Gasteiger partial charge is 0.509 e. The summed E-state index contributed by atoms with van der Waals surface area (Å²) < 4.78 is 10.7. The number of aromatic nitrogens is 4. The normalized spacial score (nSPS) is 11.6. The maximum Gasteiger partial charge on any atom is 2.00 e. The molecule has 0 aliphatic rings. The monoisotopic (exact) mass is 797 g/mol. The predicted octanol–water partition coefficient (Wildman–Crippen LogP) is 10.2. The third-order valence-corrected chi connectivity index (χ3v) is 8.63. The maximum atomic E-state index is 6.47. The molecule has 0 fully saturated rings. The molecule has 4 aromatic carbocycles. The zero-order valence-corrected chi connectivity index (χ0v) is 29.9. The SMILES string of the molecule is CCc1nn(-c2[c-]c(Oc3[c-]c4c(cc3)c3cc(C(C)(C)C)ccc3n4-c3cc(C)ccn3)ccc2)c(CC)c1-c1ccccc1.[Pt+2]. The van der Waals surface area contributed by atoms with E-state index in [0.717, 1.165) is 57.7 Å². The van der Waals surface area contributed by atoms with Crippen LogP contribution in [0.4, 0.5) is 0 Å². The van der Waals surface area contributed by atoms with Gasteiger partial charge < -0.3 is 9.30 Å². The van der Waals surface area contributed by atoms with Gasteiger partial charge in [-0.05, 0) is 71.1 Å². The summed E-state index contributed by atoms with van der Waals surface area (Å²) in [6.45, 7) is 13.2. The Kier molecular flexibility index (Phi) is 8.96. The Morgan fingerprint density at radius 2 is 1.57 bits per heavy atom. The van der Waals surface area contributed by atoms with Gasteiger partial charge in [0.2, 0.25) is 0 Å². The van der Waals surface area contributed by atoms with Gasteiger partial charge in [0, 0.05) is 34.5 Å². The van der Waals surface area contributed by atoms with E-state index in [-0.39, 0.29) is 26.5 Å². The van der Waals surface area contributed by atoms with Gasteiger partial charge in [-0.2, -0.15) is 17.2 Å². The molecule has 0 N–H and O–H groups in total. The molecular weight excluding hydrogens is 760 g/mol. The molecule has 0 atom stereocenters. The van der Waals surface area contributed by atoms with E-state index in [1.54, 1.807) is 0 Å². The van der Waals surface area contributed by atoms with Crippen LogP contribution in [0, 0.1) is 19.1 Å². The molecule has 6 heteroatoms. The second-order valence-electron chi connectivity index (χ2n) is 12.8. The van der Waals surface area contributed by atoms with Crippen LogP contribution in [0.25, 0.3) is 44.4 Å². The minimum atomic E-state index is 0. The molecule has 7 rings (SSSR count). The fourth-order valence-electron chi connectivity index (χ4n) is 6.28. The van der Waals surface area contributed by atoms with Gasteiger partial charge in [-0.3, -0.25) is 4.68 Å². The van der Waals surface area contributed by atoms with Gasteiger partial charge in [-0.1, -0.05) is 82.6 Å². The first-order valence-electron chi connectivity index (χ1n) is 16.1. The Labute approximate surface area is 291 Å². The zero-order valence-electron chi connectivity index (χ0n) is 27.7. The molecule has 0 aliphatic heterocycles. The first-order valence-corrected chi connectivity index (χ1v) is 16.1. The number of rotatable bonds is 7. The van der Waals surface area contributed by atoms with E-state index in [4.69, 9.17) is 14.8 Å². The average molecular weight is 798 g/mol. The summed E-state index contributed by atoms with van der Waals surface area (Å²) in [5, 5.41) is 7.33. The van der Waals surface area contributed by atoms with Crippen LogP contribution in [0.2, 0.25) is 0 Å². The molecule has 0 unspecified atom stereocenters. The van der Waals surface area contributed by atoms with Crippen LogP contribution in [0.3, 0.4) is 0 Å². The third-order valence-electron chi connectivity index (χ3n) is 8.63. The number of nitrogens with zero attached hydrogens (tertiary/aromatic N) is 4. The van der Waals surface area contributed by atoms with E-state index in [9.17, 15) is 0 Å². The Morgan fingerprint density at radius 3 is 2.30 bits per heavy atom. The van der Waals surface area contributed by atoms with Crippen LogP contribution >= 0.6 is 0 Å². The van der Waals surface area contributed by atoms with E-state index in [2.05, 4.69) is 113 Å². The van der Waals surface area contributed by atoms with Crippen molar-refractivity contribution in [2.24, 2.45) is 0 Å². The summed E-state index contributed by atoms with van der Waals surface area (Å²) in [7, 11) is 0. The number of fused-ring (bicyclic) bond motifs is 3. The Morgan fingerprint density at radius 1 is 0.787 bits per heavy atom. The van der Waals surface area contributed by atoms with Gasteiger partial charge in [-0.25, -0.2) is 4.98 Å². The van der Waals surface area contributed by atoms with Crippen molar-refractivity contribution in [3.63, 3.8) is 0 Å². The molecule has 0 aliphatic carbocycles. The van der Waals surface area contributed by atoms with Crippen molar-refractivity contribution in [1.82, 2.24) is 19.3 Å². The fraction of sp³-hybridized carbons (Fsp3) is 0.220. The van der Waals surface area contributed by atoms with E-state index >= 15 is 0 Å². The fourth-order valence-corrected chi connectivity index (χ4v) is 6.28. The van der Waals surface area contributed by atoms with Crippen molar-refractivity contribution in [3.05, 3.63) is 132 Å². The second-order valence-corrected chi connectivity index (χ2v) is 12.8. The molecule has 47 heavy (non-hydrogen) atoms. The molecule has 0 amide bonds. The summed E-state index contributed by atoms with van der Waals surface area (Å²) in [5.74, 6) is 2.08. The molecule has 0 saturated carbocycles. The third kappa shape index (κ3) is 6.05. The van der Waals surface area contributed by atoms with Gasteiger partial charge in [0.05, 0.1) is 5.69 Å². The van der Waals surface area contributed by atoms with Gasteiger partial charge in [0.15, 0.2) is 0 Å². The van der Waals surface area contributed by atoms with Crippen LogP contribution in [0.5, 0.6) is 11.5 Å². The minimum Gasteiger partial charge on any atom is -0.509 e. The molecule has 0 radical (unpaired) electrons. The Balaban J connectivity index is 0.00000386. The predicted molar refractivity (Wildman–Crippen MR) is 188 cm³/mol. The zero-order chi connectivity index (χ0) is 32.0. The van der Waals surface area contributed by atoms with Crippen LogP contribution in [0.1, 0.15) is 57.1 Å². The molecule has 238 valence electrons. The van der Waals surface area contributed by atoms with Crippen LogP contribution in [0.15, 0.2) is 97.2 Å². The Hall–Kier alpha value is -4.47. The molecule has 3 heterocycles. The van der Waals surface area contributed by atoms with E-state index in [1.165, 1.54) is 22.1 Å². The molecule has 3 aromatic heterocycles. The topological polar surface area (TPSA) is 44.9 Å².